The fourth-order valence-electron chi connectivity index (χ4n) is 3.99. The third-order valence-electron chi connectivity index (χ3n) is 5.88. The smallest absolute Gasteiger partial charge is 0.194 e. The van der Waals surface area contributed by atoms with Crippen LogP contribution >= 0.6 is 24.0 Å². The molecule has 1 aromatic rings. The van der Waals surface area contributed by atoms with Crippen LogP contribution in [-0.2, 0) is 9.84 Å². The van der Waals surface area contributed by atoms with E-state index in [0.717, 1.165) is 44.3 Å². The number of ether oxygens (including phenoxy) is 1. The summed E-state index contributed by atoms with van der Waals surface area (Å²) in [4.78, 5) is 9.36. The van der Waals surface area contributed by atoms with Crippen LogP contribution in [0.1, 0.15) is 27.2 Å². The number of nitrogens with zero attached hydrogens (tertiary/aromatic N) is 3. The van der Waals surface area contributed by atoms with Crippen LogP contribution in [0, 0.1) is 5.92 Å². The maximum Gasteiger partial charge on any atom is 0.194 e. The van der Waals surface area contributed by atoms with Gasteiger partial charge in [-0.3, -0.25) is 4.99 Å². The minimum atomic E-state index is -3.06. The molecule has 0 radical (unpaired) electrons. The van der Waals surface area contributed by atoms with E-state index in [4.69, 9.17) is 9.73 Å². The Balaban J connectivity index is 0.00000320. The summed E-state index contributed by atoms with van der Waals surface area (Å²) in [5.41, 5.74) is 1.19. The Morgan fingerprint density at radius 3 is 2.77 bits per heavy atom. The van der Waals surface area contributed by atoms with Gasteiger partial charge in [0.15, 0.2) is 15.8 Å². The van der Waals surface area contributed by atoms with E-state index < -0.39 is 14.6 Å². The molecule has 7 nitrogen and oxygen atoms in total. The van der Waals surface area contributed by atoms with Crippen molar-refractivity contribution in [1.82, 2.24) is 10.2 Å². The molecule has 9 heteroatoms. The Hall–Kier alpha value is -1.23. The number of guanidine groups is 1. The molecule has 3 rings (SSSR count). The van der Waals surface area contributed by atoms with Gasteiger partial charge < -0.3 is 19.9 Å². The number of hydrogen-bond donors (Lipinski definition) is 1. The van der Waals surface area contributed by atoms with Gasteiger partial charge in [-0.2, -0.15) is 0 Å². The summed E-state index contributed by atoms with van der Waals surface area (Å²) in [5, 5.41) is 3.35. The minimum Gasteiger partial charge on any atom is -0.497 e. The Kier molecular flexibility index (Phi) is 8.67. The highest BCUT2D eigenvalue weighted by atomic mass is 127. The first-order chi connectivity index (χ1) is 13.8. The molecule has 1 aromatic carbocycles. The summed E-state index contributed by atoms with van der Waals surface area (Å²) in [6.07, 6.45) is 1.10. The van der Waals surface area contributed by atoms with Crippen molar-refractivity contribution < 1.29 is 13.2 Å². The topological polar surface area (TPSA) is 74.2 Å². The molecule has 30 heavy (non-hydrogen) atoms. The van der Waals surface area contributed by atoms with E-state index in [1.807, 2.05) is 19.1 Å². The van der Waals surface area contributed by atoms with Gasteiger partial charge in [0.2, 0.25) is 0 Å². The standard InChI is InChI=1S/C21H34N4O3S.HI/c1-5-22-20(25-11-12-29(26,27)21(2,3)16-25)23-14-17-9-10-24(15-17)18-7-6-8-19(13-18)28-4;/h6-8,13,17H,5,9-12,14-16H2,1-4H3,(H,22,23);1H. The van der Waals surface area contributed by atoms with Crippen molar-refractivity contribution in [2.24, 2.45) is 10.9 Å². The van der Waals surface area contributed by atoms with E-state index in [1.54, 1.807) is 21.0 Å². The fourth-order valence-corrected chi connectivity index (χ4v) is 5.36. The second-order valence-corrected chi connectivity index (χ2v) is 11.2. The average molecular weight is 551 g/mol. The normalized spacial score (nSPS) is 23.1. The van der Waals surface area contributed by atoms with Gasteiger partial charge >= 0.3 is 0 Å². The van der Waals surface area contributed by atoms with Crippen molar-refractivity contribution in [3.05, 3.63) is 24.3 Å². The number of hydrogen-bond acceptors (Lipinski definition) is 5. The molecule has 1 atom stereocenters. The number of anilines is 1. The molecular weight excluding hydrogens is 515 g/mol. The van der Waals surface area contributed by atoms with Gasteiger partial charge in [0.1, 0.15) is 5.75 Å². The number of sulfone groups is 1. The van der Waals surface area contributed by atoms with Gasteiger partial charge in [-0.05, 0) is 45.2 Å². The van der Waals surface area contributed by atoms with E-state index in [-0.39, 0.29) is 29.7 Å². The summed E-state index contributed by atoms with van der Waals surface area (Å²) in [5.74, 6) is 2.37. The lowest BCUT2D eigenvalue weighted by molar-refractivity contribution is 0.352. The van der Waals surface area contributed by atoms with Crippen LogP contribution in [-0.4, -0.2) is 76.2 Å². The molecule has 2 heterocycles. The van der Waals surface area contributed by atoms with Gasteiger partial charge in [0.05, 0.1) is 17.6 Å². The molecule has 1 unspecified atom stereocenters. The van der Waals surface area contributed by atoms with Crippen LogP contribution in [0.5, 0.6) is 5.75 Å². The first-order valence-electron chi connectivity index (χ1n) is 10.4. The molecule has 0 saturated carbocycles. The highest BCUT2D eigenvalue weighted by molar-refractivity contribution is 14.0. The third-order valence-corrected chi connectivity index (χ3v) is 8.41. The average Bonchev–Trinajstić information content (AvgIpc) is 3.16. The lowest BCUT2D eigenvalue weighted by atomic mass is 10.1. The van der Waals surface area contributed by atoms with Crippen molar-refractivity contribution in [2.75, 3.05) is 57.0 Å². The molecule has 2 fully saturated rings. The van der Waals surface area contributed by atoms with Crippen molar-refractivity contribution in [3.63, 3.8) is 0 Å². The van der Waals surface area contributed by atoms with Gasteiger partial charge in [0, 0.05) is 51.0 Å². The van der Waals surface area contributed by atoms with E-state index >= 15 is 0 Å². The monoisotopic (exact) mass is 550 g/mol. The molecule has 2 aliphatic rings. The summed E-state index contributed by atoms with van der Waals surface area (Å²) in [7, 11) is -1.37. The SMILES string of the molecule is CCNC(=NCC1CCN(c2cccc(OC)c2)C1)N1CCS(=O)(=O)C(C)(C)C1.I. The highest BCUT2D eigenvalue weighted by Gasteiger charge is 2.41. The number of rotatable bonds is 5. The van der Waals surface area contributed by atoms with Crippen molar-refractivity contribution in [1.29, 1.82) is 0 Å². The van der Waals surface area contributed by atoms with Crippen LogP contribution in [0.2, 0.25) is 0 Å². The molecule has 1 N–H and O–H groups in total. The minimum absolute atomic E-state index is 0. The van der Waals surface area contributed by atoms with Crippen LogP contribution < -0.4 is 15.0 Å². The summed E-state index contributed by atoms with van der Waals surface area (Å²) in [6.45, 7) is 10.1. The van der Waals surface area contributed by atoms with E-state index in [2.05, 4.69) is 27.2 Å². The number of halogens is 1. The molecule has 2 saturated heterocycles. The molecule has 2 aliphatic heterocycles. The number of benzene rings is 1. The summed E-state index contributed by atoms with van der Waals surface area (Å²) < 4.78 is 29.2. The molecular formula is C21H35IN4O3S. The molecule has 170 valence electrons. The second kappa shape index (κ2) is 10.4. The lowest BCUT2D eigenvalue weighted by Crippen LogP contribution is -2.57. The fraction of sp³-hybridized carbons (Fsp3) is 0.667. The van der Waals surface area contributed by atoms with Gasteiger partial charge in [0.25, 0.3) is 0 Å². The maximum absolute atomic E-state index is 12.3. The zero-order valence-corrected chi connectivity index (χ0v) is 21.6. The van der Waals surface area contributed by atoms with Crippen molar-refractivity contribution >= 4 is 45.5 Å². The summed E-state index contributed by atoms with van der Waals surface area (Å²) >= 11 is 0. The second-order valence-electron chi connectivity index (χ2n) is 8.50. The van der Waals surface area contributed by atoms with Crippen molar-refractivity contribution in [3.8, 4) is 5.75 Å². The maximum atomic E-state index is 12.3. The molecule has 0 spiro atoms. The summed E-state index contributed by atoms with van der Waals surface area (Å²) in [6, 6.07) is 8.18. The van der Waals surface area contributed by atoms with E-state index in [0.29, 0.717) is 19.0 Å². The van der Waals surface area contributed by atoms with Crippen molar-refractivity contribution in [2.45, 2.75) is 31.9 Å². The zero-order valence-electron chi connectivity index (χ0n) is 18.4. The molecule has 0 amide bonds. The molecule has 0 aromatic heterocycles. The third kappa shape index (κ3) is 5.72. The Bertz CT molecular complexity index is 844. The first-order valence-corrected chi connectivity index (χ1v) is 12.1. The van der Waals surface area contributed by atoms with E-state index in [1.165, 1.54) is 5.69 Å². The zero-order chi connectivity index (χ0) is 21.1. The number of aliphatic imine (C=N–C) groups is 1. The number of nitrogens with one attached hydrogen (secondary N) is 1. The van der Waals surface area contributed by atoms with Gasteiger partial charge in [-0.15, -0.1) is 24.0 Å². The molecule has 0 aliphatic carbocycles. The Morgan fingerprint density at radius 2 is 2.10 bits per heavy atom. The predicted molar refractivity (Wildman–Crippen MR) is 134 cm³/mol. The predicted octanol–water partition coefficient (Wildman–Crippen LogP) is 2.61. The van der Waals surface area contributed by atoms with Crippen LogP contribution in [0.25, 0.3) is 0 Å². The lowest BCUT2D eigenvalue weighted by Gasteiger charge is -2.39. The Labute approximate surface area is 198 Å². The quantitative estimate of drug-likeness (QED) is 0.345. The van der Waals surface area contributed by atoms with Crippen LogP contribution in [0.4, 0.5) is 5.69 Å². The largest absolute Gasteiger partial charge is 0.497 e. The first kappa shape index (κ1) is 25.0. The van der Waals surface area contributed by atoms with E-state index in [9.17, 15) is 8.42 Å². The van der Waals surface area contributed by atoms with Gasteiger partial charge in [-0.1, -0.05) is 6.07 Å². The highest BCUT2D eigenvalue weighted by Crippen LogP contribution is 2.27. The van der Waals surface area contributed by atoms with Crippen LogP contribution in [0.3, 0.4) is 0 Å². The Morgan fingerprint density at radius 1 is 1.33 bits per heavy atom. The van der Waals surface area contributed by atoms with Gasteiger partial charge in [-0.25, -0.2) is 8.42 Å². The number of methoxy groups -OCH3 is 1. The molecule has 0 bridgehead atoms. The van der Waals surface area contributed by atoms with Crippen LogP contribution in [0.15, 0.2) is 29.3 Å².